The van der Waals surface area contributed by atoms with Gasteiger partial charge in [0.25, 0.3) is 0 Å². The maximum absolute atomic E-state index is 13.1. The van der Waals surface area contributed by atoms with Gasteiger partial charge in [-0.2, -0.15) is 5.26 Å². The summed E-state index contributed by atoms with van der Waals surface area (Å²) in [5, 5.41) is 8.48. The van der Waals surface area contributed by atoms with Gasteiger partial charge in [0.15, 0.2) is 0 Å². The summed E-state index contributed by atoms with van der Waals surface area (Å²) in [5.41, 5.74) is 6.50. The Labute approximate surface area is 76.8 Å². The largest absolute Gasteiger partial charge is 0.324 e. The second-order valence-corrected chi connectivity index (χ2v) is 2.87. The first kappa shape index (κ1) is 9.69. The molecule has 0 radical (unpaired) electrons. The van der Waals surface area contributed by atoms with Crippen molar-refractivity contribution in [2.45, 2.75) is 19.4 Å². The van der Waals surface area contributed by atoms with Crippen LogP contribution >= 0.6 is 0 Å². The number of nitrogens with zero attached hydrogens (tertiary/aromatic N) is 1. The van der Waals surface area contributed by atoms with Crippen LogP contribution in [-0.4, -0.2) is 0 Å². The molecule has 0 aromatic heterocycles. The zero-order valence-corrected chi connectivity index (χ0v) is 7.42. The molecule has 2 N–H and O–H groups in total. The lowest BCUT2D eigenvalue weighted by Gasteiger charge is -2.08. The van der Waals surface area contributed by atoms with Crippen molar-refractivity contribution in [3.05, 3.63) is 35.1 Å². The summed E-state index contributed by atoms with van der Waals surface area (Å²) >= 11 is 0. The van der Waals surface area contributed by atoms with Crippen LogP contribution in [0.25, 0.3) is 0 Å². The fourth-order valence-corrected chi connectivity index (χ4v) is 1.09. The molecule has 0 spiro atoms. The standard InChI is InChI=1S/C10H11FN2/c1-2-10(13)7-3-4-8(6-12)9(11)5-7/h3-5,10H,2,13H2,1H3/t10-/m0/s1. The van der Waals surface area contributed by atoms with Gasteiger partial charge in [0.1, 0.15) is 11.9 Å². The quantitative estimate of drug-likeness (QED) is 0.754. The lowest BCUT2D eigenvalue weighted by atomic mass is 10.0. The Bertz CT molecular complexity index is 341. The monoisotopic (exact) mass is 178 g/mol. The third kappa shape index (κ3) is 2.04. The van der Waals surface area contributed by atoms with Crippen molar-refractivity contribution >= 4 is 0 Å². The highest BCUT2D eigenvalue weighted by molar-refractivity contribution is 5.34. The summed E-state index contributed by atoms with van der Waals surface area (Å²) in [6.07, 6.45) is 0.755. The molecule has 13 heavy (non-hydrogen) atoms. The van der Waals surface area contributed by atoms with E-state index in [1.807, 2.05) is 6.92 Å². The van der Waals surface area contributed by atoms with E-state index in [1.54, 1.807) is 12.1 Å². The van der Waals surface area contributed by atoms with Crippen molar-refractivity contribution in [2.75, 3.05) is 0 Å². The summed E-state index contributed by atoms with van der Waals surface area (Å²) in [5.74, 6) is -0.496. The average molecular weight is 178 g/mol. The summed E-state index contributed by atoms with van der Waals surface area (Å²) < 4.78 is 13.1. The van der Waals surface area contributed by atoms with E-state index in [0.29, 0.717) is 0 Å². The molecule has 0 heterocycles. The first-order chi connectivity index (χ1) is 6.19. The van der Waals surface area contributed by atoms with E-state index in [9.17, 15) is 4.39 Å². The molecule has 0 aliphatic heterocycles. The van der Waals surface area contributed by atoms with E-state index >= 15 is 0 Å². The fourth-order valence-electron chi connectivity index (χ4n) is 1.09. The fraction of sp³-hybridized carbons (Fsp3) is 0.300. The smallest absolute Gasteiger partial charge is 0.141 e. The average Bonchev–Trinajstić information content (AvgIpc) is 2.16. The number of hydrogen-bond donors (Lipinski definition) is 1. The zero-order valence-electron chi connectivity index (χ0n) is 7.42. The van der Waals surface area contributed by atoms with Gasteiger partial charge in [-0.15, -0.1) is 0 Å². The summed E-state index contributed by atoms with van der Waals surface area (Å²) in [4.78, 5) is 0. The Balaban J connectivity index is 3.04. The Morgan fingerprint density at radius 1 is 1.62 bits per heavy atom. The molecule has 0 saturated heterocycles. The summed E-state index contributed by atoms with van der Waals surface area (Å²) in [6.45, 7) is 1.93. The predicted molar refractivity (Wildman–Crippen MR) is 48.3 cm³/mol. The highest BCUT2D eigenvalue weighted by Gasteiger charge is 2.07. The molecule has 0 unspecified atom stereocenters. The third-order valence-electron chi connectivity index (χ3n) is 1.98. The minimum absolute atomic E-state index is 0.0621. The van der Waals surface area contributed by atoms with Crippen molar-refractivity contribution in [3.63, 3.8) is 0 Å². The van der Waals surface area contributed by atoms with E-state index in [2.05, 4.69) is 0 Å². The zero-order chi connectivity index (χ0) is 9.84. The lowest BCUT2D eigenvalue weighted by Crippen LogP contribution is -2.08. The SMILES string of the molecule is CC[C@H](N)c1ccc(C#N)c(F)c1. The minimum Gasteiger partial charge on any atom is -0.324 e. The number of hydrogen-bond acceptors (Lipinski definition) is 2. The molecule has 1 aromatic carbocycles. The Kier molecular flexibility index (Phi) is 2.99. The van der Waals surface area contributed by atoms with Crippen molar-refractivity contribution < 1.29 is 4.39 Å². The van der Waals surface area contributed by atoms with Gasteiger partial charge in [-0.3, -0.25) is 0 Å². The molecule has 0 aliphatic rings. The van der Waals surface area contributed by atoms with Crippen molar-refractivity contribution in [1.29, 1.82) is 5.26 Å². The van der Waals surface area contributed by atoms with Crippen LogP contribution in [0, 0.1) is 17.1 Å². The first-order valence-electron chi connectivity index (χ1n) is 4.14. The minimum atomic E-state index is -0.496. The maximum atomic E-state index is 13.1. The van der Waals surface area contributed by atoms with Gasteiger partial charge in [-0.05, 0) is 24.1 Å². The van der Waals surface area contributed by atoms with Crippen LogP contribution in [0.5, 0.6) is 0 Å². The first-order valence-corrected chi connectivity index (χ1v) is 4.14. The number of nitriles is 1. The lowest BCUT2D eigenvalue weighted by molar-refractivity contribution is 0.613. The van der Waals surface area contributed by atoms with Crippen LogP contribution < -0.4 is 5.73 Å². The Morgan fingerprint density at radius 2 is 2.31 bits per heavy atom. The topological polar surface area (TPSA) is 49.8 Å². The van der Waals surface area contributed by atoms with Gasteiger partial charge >= 0.3 is 0 Å². The number of rotatable bonds is 2. The third-order valence-corrected chi connectivity index (χ3v) is 1.98. The van der Waals surface area contributed by atoms with Gasteiger partial charge in [0.05, 0.1) is 5.56 Å². The normalized spacial score (nSPS) is 12.2. The van der Waals surface area contributed by atoms with Crippen LogP contribution in [0.4, 0.5) is 4.39 Å². The Morgan fingerprint density at radius 3 is 2.77 bits per heavy atom. The van der Waals surface area contributed by atoms with Crippen molar-refractivity contribution in [1.82, 2.24) is 0 Å². The molecular formula is C10H11FN2. The van der Waals surface area contributed by atoms with Gasteiger partial charge in [-0.25, -0.2) is 4.39 Å². The van der Waals surface area contributed by atoms with Crippen LogP contribution in [0.2, 0.25) is 0 Å². The van der Waals surface area contributed by atoms with Crippen LogP contribution in [0.15, 0.2) is 18.2 Å². The van der Waals surface area contributed by atoms with Gasteiger partial charge in [0, 0.05) is 6.04 Å². The molecule has 3 heteroatoms. The van der Waals surface area contributed by atoms with Crippen LogP contribution in [0.1, 0.15) is 30.5 Å². The molecule has 68 valence electrons. The van der Waals surface area contributed by atoms with Crippen LogP contribution in [-0.2, 0) is 0 Å². The molecule has 1 atom stereocenters. The van der Waals surface area contributed by atoms with E-state index in [1.165, 1.54) is 12.1 Å². The van der Waals surface area contributed by atoms with Crippen molar-refractivity contribution in [2.24, 2.45) is 5.73 Å². The summed E-state index contributed by atoms with van der Waals surface area (Å²) in [7, 11) is 0. The van der Waals surface area contributed by atoms with E-state index < -0.39 is 5.82 Å². The van der Waals surface area contributed by atoms with Gasteiger partial charge in [0.2, 0.25) is 0 Å². The molecule has 0 amide bonds. The van der Waals surface area contributed by atoms with Crippen LogP contribution in [0.3, 0.4) is 0 Å². The van der Waals surface area contributed by atoms with Gasteiger partial charge < -0.3 is 5.73 Å². The van der Waals surface area contributed by atoms with E-state index in [0.717, 1.165) is 12.0 Å². The Hall–Kier alpha value is -1.40. The number of halogens is 1. The number of nitrogens with two attached hydrogens (primary N) is 1. The molecule has 1 aromatic rings. The van der Waals surface area contributed by atoms with E-state index in [4.69, 9.17) is 11.0 Å². The second kappa shape index (κ2) is 4.01. The van der Waals surface area contributed by atoms with E-state index in [-0.39, 0.29) is 11.6 Å². The number of benzene rings is 1. The predicted octanol–water partition coefficient (Wildman–Crippen LogP) is 2.11. The maximum Gasteiger partial charge on any atom is 0.141 e. The molecule has 0 saturated carbocycles. The molecule has 0 bridgehead atoms. The van der Waals surface area contributed by atoms with Gasteiger partial charge in [-0.1, -0.05) is 13.0 Å². The second-order valence-electron chi connectivity index (χ2n) is 2.87. The molecule has 0 fully saturated rings. The highest BCUT2D eigenvalue weighted by atomic mass is 19.1. The summed E-state index contributed by atoms with van der Waals surface area (Å²) in [6, 6.07) is 6.09. The molecule has 0 aliphatic carbocycles. The molecular weight excluding hydrogens is 167 g/mol. The highest BCUT2D eigenvalue weighted by Crippen LogP contribution is 2.16. The molecule has 2 nitrogen and oxygen atoms in total. The molecule has 1 rings (SSSR count). The van der Waals surface area contributed by atoms with Crippen molar-refractivity contribution in [3.8, 4) is 6.07 Å².